The summed E-state index contributed by atoms with van der Waals surface area (Å²) < 4.78 is 22.0. The van der Waals surface area contributed by atoms with E-state index in [1.807, 2.05) is 0 Å². The lowest BCUT2D eigenvalue weighted by Gasteiger charge is -2.23. The summed E-state index contributed by atoms with van der Waals surface area (Å²) in [6.07, 6.45) is 1.46. The second kappa shape index (κ2) is 9.55. The highest BCUT2D eigenvalue weighted by molar-refractivity contribution is 7.17. The van der Waals surface area contributed by atoms with Crippen molar-refractivity contribution in [3.8, 4) is 11.5 Å². The van der Waals surface area contributed by atoms with Crippen molar-refractivity contribution in [3.63, 3.8) is 0 Å². The van der Waals surface area contributed by atoms with Gasteiger partial charge in [0, 0.05) is 0 Å². The molecule has 1 aliphatic rings. The number of amides is 1. The number of thiazole rings is 1. The number of carbonyl (C=O) groups is 2. The van der Waals surface area contributed by atoms with Crippen LogP contribution < -0.4 is 19.8 Å². The maximum Gasteiger partial charge on any atom is 0.350 e. The number of nitrogens with zero attached hydrogens (tertiary/aromatic N) is 2. The lowest BCUT2D eigenvalue weighted by Crippen LogP contribution is -2.29. The number of anilines is 1. The van der Waals surface area contributed by atoms with Crippen molar-refractivity contribution in [2.45, 2.75) is 13.0 Å². The number of benzene rings is 2. The number of carbonyl (C=O) groups excluding carboxylic acids is 2. The van der Waals surface area contributed by atoms with Gasteiger partial charge in [0.2, 0.25) is 5.76 Å². The van der Waals surface area contributed by atoms with Crippen LogP contribution in [0, 0.1) is 6.92 Å². The van der Waals surface area contributed by atoms with Gasteiger partial charge in [0.15, 0.2) is 22.1 Å². The Bertz CT molecular complexity index is 1620. The van der Waals surface area contributed by atoms with Gasteiger partial charge >= 0.3 is 5.97 Å². The lowest BCUT2D eigenvalue weighted by molar-refractivity contribution is 0.0554. The van der Waals surface area contributed by atoms with Gasteiger partial charge in [-0.2, -0.15) is 0 Å². The molecule has 0 aliphatic carbocycles. The first-order chi connectivity index (χ1) is 17.9. The number of hydrogen-bond donors (Lipinski definition) is 0. The van der Waals surface area contributed by atoms with E-state index in [0.29, 0.717) is 33.7 Å². The molecule has 1 atom stereocenters. The Morgan fingerprint density at radius 1 is 1.16 bits per heavy atom. The van der Waals surface area contributed by atoms with Gasteiger partial charge in [-0.05, 0) is 36.8 Å². The normalized spacial score (nSPS) is 14.5. The van der Waals surface area contributed by atoms with E-state index in [9.17, 15) is 14.4 Å². The van der Waals surface area contributed by atoms with Crippen LogP contribution in [0.3, 0.4) is 0 Å². The van der Waals surface area contributed by atoms with E-state index in [2.05, 4.69) is 11.6 Å². The summed E-state index contributed by atoms with van der Waals surface area (Å²) in [5.41, 5.74) is 1.13. The van der Waals surface area contributed by atoms with Gasteiger partial charge in [0.1, 0.15) is 17.1 Å². The first kappa shape index (κ1) is 24.3. The quantitative estimate of drug-likeness (QED) is 0.257. The first-order valence-corrected chi connectivity index (χ1v) is 12.1. The Labute approximate surface area is 215 Å². The zero-order chi connectivity index (χ0) is 26.3. The number of para-hydroxylation sites is 1. The Kier molecular flexibility index (Phi) is 6.26. The molecule has 0 saturated carbocycles. The summed E-state index contributed by atoms with van der Waals surface area (Å²) in [6.45, 7) is 5.24. The van der Waals surface area contributed by atoms with Gasteiger partial charge in [-0.1, -0.05) is 42.2 Å². The van der Waals surface area contributed by atoms with Gasteiger partial charge < -0.3 is 18.6 Å². The van der Waals surface area contributed by atoms with E-state index in [0.717, 1.165) is 11.3 Å². The van der Waals surface area contributed by atoms with Crippen LogP contribution in [0.2, 0.25) is 0 Å². The molecule has 0 N–H and O–H groups in total. The molecule has 9 nitrogen and oxygen atoms in total. The van der Waals surface area contributed by atoms with Gasteiger partial charge in [0.05, 0.1) is 36.9 Å². The molecule has 1 unspecified atom stereocenters. The molecule has 4 aromatic rings. The number of methoxy groups -OCH3 is 2. The number of aromatic nitrogens is 1. The average Bonchev–Trinajstić information content (AvgIpc) is 3.44. The third-order valence-electron chi connectivity index (χ3n) is 6.01. The summed E-state index contributed by atoms with van der Waals surface area (Å²) in [4.78, 5) is 46.2. The summed E-state index contributed by atoms with van der Waals surface area (Å²) in [7, 11) is 3.02. The molecule has 10 heteroatoms. The molecule has 0 saturated heterocycles. The highest BCUT2D eigenvalue weighted by Crippen LogP contribution is 2.44. The van der Waals surface area contributed by atoms with E-state index in [1.54, 1.807) is 49.4 Å². The highest BCUT2D eigenvalue weighted by atomic mass is 32.1. The van der Waals surface area contributed by atoms with Gasteiger partial charge in [-0.15, -0.1) is 0 Å². The van der Waals surface area contributed by atoms with Crippen LogP contribution in [-0.4, -0.2) is 37.7 Å². The molecular weight excluding hydrogens is 496 g/mol. The van der Waals surface area contributed by atoms with E-state index in [4.69, 9.17) is 18.6 Å². The lowest BCUT2D eigenvalue weighted by atomic mass is 9.98. The van der Waals surface area contributed by atoms with E-state index in [-0.39, 0.29) is 33.4 Å². The van der Waals surface area contributed by atoms with Crippen molar-refractivity contribution in [1.82, 2.24) is 4.98 Å². The highest BCUT2D eigenvalue weighted by Gasteiger charge is 2.45. The molecule has 2 aromatic heterocycles. The Hall–Kier alpha value is -4.44. The summed E-state index contributed by atoms with van der Waals surface area (Å²) in [5, 5.41) is 0.577. The minimum absolute atomic E-state index is 0.0405. The van der Waals surface area contributed by atoms with Crippen molar-refractivity contribution in [3.05, 3.63) is 92.8 Å². The number of hydrogen-bond acceptors (Lipinski definition) is 9. The monoisotopic (exact) mass is 518 g/mol. The zero-order valence-corrected chi connectivity index (χ0v) is 21.1. The van der Waals surface area contributed by atoms with Crippen LogP contribution in [0.5, 0.6) is 11.5 Å². The molecule has 5 rings (SSSR count). The Morgan fingerprint density at radius 2 is 1.92 bits per heavy atom. The Balaban J connectivity index is 1.73. The van der Waals surface area contributed by atoms with Crippen molar-refractivity contribution in [1.29, 1.82) is 0 Å². The fraction of sp³-hybridized carbons (Fsp3) is 0.185. The third-order valence-corrected chi connectivity index (χ3v) is 7.15. The molecule has 0 spiro atoms. The van der Waals surface area contributed by atoms with Crippen LogP contribution in [-0.2, 0) is 4.74 Å². The van der Waals surface area contributed by atoms with E-state index < -0.39 is 17.9 Å². The van der Waals surface area contributed by atoms with Crippen LogP contribution in [0.1, 0.15) is 43.1 Å². The molecule has 1 amide bonds. The van der Waals surface area contributed by atoms with Crippen molar-refractivity contribution < 1.29 is 28.2 Å². The van der Waals surface area contributed by atoms with Crippen molar-refractivity contribution in [2.75, 3.05) is 25.7 Å². The van der Waals surface area contributed by atoms with E-state index >= 15 is 0 Å². The van der Waals surface area contributed by atoms with Crippen LogP contribution >= 0.6 is 11.3 Å². The third kappa shape index (κ3) is 3.95. The van der Waals surface area contributed by atoms with Crippen LogP contribution in [0.4, 0.5) is 5.13 Å². The predicted molar refractivity (Wildman–Crippen MR) is 138 cm³/mol. The number of rotatable bonds is 7. The zero-order valence-electron chi connectivity index (χ0n) is 20.3. The van der Waals surface area contributed by atoms with E-state index in [1.165, 1.54) is 25.2 Å². The number of aryl methyl sites for hydroxylation is 1. The molecule has 1 aliphatic heterocycles. The molecule has 0 radical (unpaired) electrons. The predicted octanol–water partition coefficient (Wildman–Crippen LogP) is 4.67. The standard InChI is InChI=1S/C27H22N2O7S/c1-5-12-35-26(32)24-14(2)28-27(37-24)29-21(15-10-11-18(33-3)19(13-15)34-4)20-22(30)16-8-6-7-9-17(16)36-23(20)25(29)31/h5-11,13,21H,1,12H2,2-4H3. The summed E-state index contributed by atoms with van der Waals surface area (Å²) in [5.74, 6) is -0.280. The Morgan fingerprint density at radius 3 is 2.65 bits per heavy atom. The SMILES string of the molecule is C=CCOC(=O)c1sc(N2C(=O)c3oc4ccccc4c(=O)c3C2c2ccc(OC)c(OC)c2)nc1C. The van der Waals surface area contributed by atoms with Crippen molar-refractivity contribution in [2.24, 2.45) is 0 Å². The minimum Gasteiger partial charge on any atom is -0.493 e. The van der Waals surface area contributed by atoms with Crippen LogP contribution in [0.25, 0.3) is 11.0 Å². The molecule has 2 aromatic carbocycles. The second-order valence-corrected chi connectivity index (χ2v) is 9.14. The molecule has 0 fully saturated rings. The number of fused-ring (bicyclic) bond motifs is 2. The van der Waals surface area contributed by atoms with Gasteiger partial charge in [-0.3, -0.25) is 14.5 Å². The maximum atomic E-state index is 13.8. The largest absolute Gasteiger partial charge is 0.493 e. The van der Waals surface area contributed by atoms with Crippen LogP contribution in [0.15, 0.2) is 64.3 Å². The first-order valence-electron chi connectivity index (χ1n) is 11.3. The van der Waals surface area contributed by atoms with Gasteiger partial charge in [-0.25, -0.2) is 9.78 Å². The molecule has 188 valence electrons. The second-order valence-electron chi connectivity index (χ2n) is 8.16. The smallest absolute Gasteiger partial charge is 0.350 e. The summed E-state index contributed by atoms with van der Waals surface area (Å²) >= 11 is 1.00. The molecule has 37 heavy (non-hydrogen) atoms. The van der Waals surface area contributed by atoms with Crippen molar-refractivity contribution >= 4 is 39.3 Å². The summed E-state index contributed by atoms with van der Waals surface area (Å²) in [6, 6.07) is 11.0. The average molecular weight is 519 g/mol. The molecule has 0 bridgehead atoms. The number of esters is 1. The fourth-order valence-electron chi connectivity index (χ4n) is 4.33. The van der Waals surface area contributed by atoms with Gasteiger partial charge in [0.25, 0.3) is 5.91 Å². The minimum atomic E-state index is -0.884. The number of ether oxygens (including phenoxy) is 3. The maximum absolute atomic E-state index is 13.8. The fourth-order valence-corrected chi connectivity index (χ4v) is 5.32. The molecular formula is C27H22N2O7S. The topological polar surface area (TPSA) is 108 Å². The molecule has 3 heterocycles.